The third-order valence-corrected chi connectivity index (χ3v) is 4.35. The summed E-state index contributed by atoms with van der Waals surface area (Å²) < 4.78 is 0. The van der Waals surface area contributed by atoms with E-state index in [1.54, 1.807) is 16.2 Å². The number of rotatable bonds is 6. The summed E-state index contributed by atoms with van der Waals surface area (Å²) in [4.78, 5) is 15.0. The van der Waals surface area contributed by atoms with Crippen molar-refractivity contribution in [1.82, 2.24) is 4.90 Å². The van der Waals surface area contributed by atoms with Crippen molar-refractivity contribution in [2.45, 2.75) is 44.6 Å². The Labute approximate surface area is 112 Å². The van der Waals surface area contributed by atoms with Gasteiger partial charge in [0.25, 0.3) is 0 Å². The van der Waals surface area contributed by atoms with Crippen molar-refractivity contribution in [1.29, 1.82) is 0 Å². The van der Waals surface area contributed by atoms with E-state index in [4.69, 9.17) is 0 Å². The van der Waals surface area contributed by atoms with Gasteiger partial charge in [-0.25, -0.2) is 0 Å². The molecule has 2 rings (SSSR count). The Kier molecular flexibility index (Phi) is 5.20. The number of β-amino-alcohol motifs (C(OH)–C–C–N with tert-alkyl or cyclic N) is 1. The summed E-state index contributed by atoms with van der Waals surface area (Å²) in [5.41, 5.74) is 0. The topological polar surface area (TPSA) is 40.5 Å². The van der Waals surface area contributed by atoms with E-state index in [1.165, 1.54) is 4.88 Å². The van der Waals surface area contributed by atoms with Gasteiger partial charge in [0.05, 0.1) is 6.10 Å². The Bertz CT molecular complexity index is 364. The van der Waals surface area contributed by atoms with Gasteiger partial charge in [-0.15, -0.1) is 11.3 Å². The van der Waals surface area contributed by atoms with Crippen molar-refractivity contribution < 1.29 is 9.90 Å². The second-order valence-electron chi connectivity index (χ2n) is 4.92. The van der Waals surface area contributed by atoms with Crippen LogP contribution in [0.3, 0.4) is 0 Å². The highest BCUT2D eigenvalue weighted by Crippen LogP contribution is 2.15. The van der Waals surface area contributed by atoms with Gasteiger partial charge in [0.2, 0.25) is 5.91 Å². The molecular formula is C14H21NO2S. The Morgan fingerprint density at radius 2 is 2.33 bits per heavy atom. The van der Waals surface area contributed by atoms with Crippen molar-refractivity contribution in [3.05, 3.63) is 22.4 Å². The predicted molar refractivity (Wildman–Crippen MR) is 73.7 cm³/mol. The molecule has 4 heteroatoms. The third kappa shape index (κ3) is 4.10. The molecule has 0 aliphatic carbocycles. The molecule has 1 aliphatic rings. The fourth-order valence-electron chi connectivity index (χ4n) is 2.33. The molecule has 2 heterocycles. The number of aliphatic hydroxyl groups is 1. The summed E-state index contributed by atoms with van der Waals surface area (Å²) in [5, 5.41) is 11.5. The molecule has 0 radical (unpaired) electrons. The highest BCUT2D eigenvalue weighted by Gasteiger charge is 2.23. The second kappa shape index (κ2) is 6.90. The molecule has 0 unspecified atom stereocenters. The molecule has 1 fully saturated rings. The van der Waals surface area contributed by atoms with E-state index in [0.29, 0.717) is 13.0 Å². The third-order valence-electron chi connectivity index (χ3n) is 3.41. The molecule has 1 saturated heterocycles. The number of carbonyl (C=O) groups excluding carboxylic acids is 1. The molecular weight excluding hydrogens is 246 g/mol. The molecule has 0 bridgehead atoms. The van der Waals surface area contributed by atoms with Crippen molar-refractivity contribution in [2.24, 2.45) is 0 Å². The first-order chi connectivity index (χ1) is 8.75. The van der Waals surface area contributed by atoms with Crippen LogP contribution in [0.2, 0.25) is 0 Å². The summed E-state index contributed by atoms with van der Waals surface area (Å²) in [6.45, 7) is 1.27. The smallest absolute Gasteiger partial charge is 0.222 e. The van der Waals surface area contributed by atoms with Gasteiger partial charge >= 0.3 is 0 Å². The zero-order valence-electron chi connectivity index (χ0n) is 10.7. The minimum Gasteiger partial charge on any atom is -0.391 e. The Balaban J connectivity index is 1.54. The zero-order valence-corrected chi connectivity index (χ0v) is 11.5. The number of nitrogens with zero attached hydrogens (tertiary/aromatic N) is 1. The molecule has 100 valence electrons. The number of hydrogen-bond acceptors (Lipinski definition) is 3. The van der Waals surface area contributed by atoms with Gasteiger partial charge in [0.15, 0.2) is 0 Å². The van der Waals surface area contributed by atoms with Crippen molar-refractivity contribution in [3.63, 3.8) is 0 Å². The monoisotopic (exact) mass is 267 g/mol. The van der Waals surface area contributed by atoms with Crippen LogP contribution >= 0.6 is 11.3 Å². The average Bonchev–Trinajstić information content (AvgIpc) is 2.99. The highest BCUT2D eigenvalue weighted by molar-refractivity contribution is 7.09. The first-order valence-corrected chi connectivity index (χ1v) is 7.62. The van der Waals surface area contributed by atoms with E-state index >= 15 is 0 Å². The maximum Gasteiger partial charge on any atom is 0.222 e. The number of aryl methyl sites for hydroxylation is 1. The SMILES string of the molecule is O=C(CCCCCc1cccs1)N1CC[C@@H](O)C1. The van der Waals surface area contributed by atoms with Crippen LogP contribution in [0, 0.1) is 0 Å². The van der Waals surface area contributed by atoms with Crippen LogP contribution in [0.15, 0.2) is 17.5 Å². The van der Waals surface area contributed by atoms with Gasteiger partial charge in [-0.1, -0.05) is 12.5 Å². The Hall–Kier alpha value is -0.870. The summed E-state index contributed by atoms with van der Waals surface area (Å²) in [5.74, 6) is 0.211. The highest BCUT2D eigenvalue weighted by atomic mass is 32.1. The molecule has 1 aromatic rings. The van der Waals surface area contributed by atoms with E-state index in [0.717, 1.165) is 38.6 Å². The second-order valence-corrected chi connectivity index (χ2v) is 5.95. The van der Waals surface area contributed by atoms with Crippen LogP contribution in [0.5, 0.6) is 0 Å². The first kappa shape index (κ1) is 13.6. The van der Waals surface area contributed by atoms with Crippen LogP contribution < -0.4 is 0 Å². The molecule has 18 heavy (non-hydrogen) atoms. The number of thiophene rings is 1. The van der Waals surface area contributed by atoms with Gasteiger partial charge in [-0.2, -0.15) is 0 Å². The lowest BCUT2D eigenvalue weighted by Gasteiger charge is -2.15. The van der Waals surface area contributed by atoms with Crippen LogP contribution in [-0.2, 0) is 11.2 Å². The van der Waals surface area contributed by atoms with Crippen LogP contribution in [-0.4, -0.2) is 35.1 Å². The summed E-state index contributed by atoms with van der Waals surface area (Å²) in [7, 11) is 0. The van der Waals surface area contributed by atoms with Gasteiger partial charge in [0.1, 0.15) is 0 Å². The number of amides is 1. The molecule has 1 N–H and O–H groups in total. The fourth-order valence-corrected chi connectivity index (χ4v) is 3.08. The molecule has 1 atom stereocenters. The summed E-state index contributed by atoms with van der Waals surface area (Å²) in [6.07, 6.45) is 5.45. The normalized spacial score (nSPS) is 19.4. The van der Waals surface area contributed by atoms with E-state index in [2.05, 4.69) is 17.5 Å². The van der Waals surface area contributed by atoms with E-state index < -0.39 is 0 Å². The molecule has 0 saturated carbocycles. The number of aliphatic hydroxyl groups excluding tert-OH is 1. The number of hydrogen-bond donors (Lipinski definition) is 1. The average molecular weight is 267 g/mol. The van der Waals surface area contributed by atoms with Crippen molar-refractivity contribution >= 4 is 17.2 Å². The minimum absolute atomic E-state index is 0.211. The number of likely N-dealkylation sites (tertiary alicyclic amines) is 1. The number of carbonyl (C=O) groups is 1. The van der Waals surface area contributed by atoms with Crippen LogP contribution in [0.4, 0.5) is 0 Å². The van der Waals surface area contributed by atoms with Gasteiger partial charge in [0, 0.05) is 24.4 Å². The zero-order chi connectivity index (χ0) is 12.8. The van der Waals surface area contributed by atoms with E-state index in [9.17, 15) is 9.90 Å². The van der Waals surface area contributed by atoms with E-state index in [1.807, 2.05) is 0 Å². The largest absolute Gasteiger partial charge is 0.391 e. The van der Waals surface area contributed by atoms with Crippen molar-refractivity contribution in [3.8, 4) is 0 Å². The lowest BCUT2D eigenvalue weighted by molar-refractivity contribution is -0.130. The standard InChI is InChI=1S/C14H21NO2S/c16-12-8-9-15(11-12)14(17)7-3-1-2-5-13-6-4-10-18-13/h4,6,10,12,16H,1-3,5,7-9,11H2/t12-/m1/s1. The quantitative estimate of drug-likeness (QED) is 0.804. The van der Waals surface area contributed by atoms with Crippen molar-refractivity contribution in [2.75, 3.05) is 13.1 Å². The minimum atomic E-state index is -0.298. The molecule has 1 amide bonds. The van der Waals surface area contributed by atoms with E-state index in [-0.39, 0.29) is 12.0 Å². The van der Waals surface area contributed by atoms with Crippen LogP contribution in [0.1, 0.15) is 37.0 Å². The summed E-state index contributed by atoms with van der Waals surface area (Å²) in [6, 6.07) is 4.25. The maximum absolute atomic E-state index is 11.8. The lowest BCUT2D eigenvalue weighted by atomic mass is 10.1. The fraction of sp³-hybridized carbons (Fsp3) is 0.643. The summed E-state index contributed by atoms with van der Waals surface area (Å²) >= 11 is 1.80. The van der Waals surface area contributed by atoms with Crippen LogP contribution in [0.25, 0.3) is 0 Å². The molecule has 1 aliphatic heterocycles. The Morgan fingerprint density at radius 1 is 1.44 bits per heavy atom. The Morgan fingerprint density at radius 3 is 3.00 bits per heavy atom. The van der Waals surface area contributed by atoms with Gasteiger partial charge < -0.3 is 10.0 Å². The predicted octanol–water partition coefficient (Wildman–Crippen LogP) is 2.44. The lowest BCUT2D eigenvalue weighted by Crippen LogP contribution is -2.29. The molecule has 0 aromatic carbocycles. The molecule has 3 nitrogen and oxygen atoms in total. The van der Waals surface area contributed by atoms with Gasteiger partial charge in [-0.3, -0.25) is 4.79 Å². The molecule has 1 aromatic heterocycles. The molecule has 0 spiro atoms. The maximum atomic E-state index is 11.8. The van der Waals surface area contributed by atoms with Gasteiger partial charge in [-0.05, 0) is 37.1 Å². The first-order valence-electron chi connectivity index (χ1n) is 6.74. The number of unbranched alkanes of at least 4 members (excludes halogenated alkanes) is 2.